The summed E-state index contributed by atoms with van der Waals surface area (Å²) in [7, 11) is 0. The molecule has 0 aromatic carbocycles. The van der Waals surface area contributed by atoms with E-state index in [9.17, 15) is 0 Å². The first-order chi connectivity index (χ1) is 9.06. The molecule has 2 rings (SSSR count). The van der Waals surface area contributed by atoms with Gasteiger partial charge in [0.1, 0.15) is 5.01 Å². The number of amidine groups is 1. The predicted octanol–water partition coefficient (Wildman–Crippen LogP) is 3.88. The average Bonchev–Trinajstić information content (AvgIpc) is 3.01. The highest BCUT2D eigenvalue weighted by Gasteiger charge is 2.30. The molecule has 0 aliphatic carbocycles. The Labute approximate surface area is 124 Å². The first kappa shape index (κ1) is 14.9. The van der Waals surface area contributed by atoms with Crippen molar-refractivity contribution in [2.24, 2.45) is 10.9 Å². The van der Waals surface area contributed by atoms with Crippen molar-refractivity contribution in [1.29, 1.82) is 0 Å². The van der Waals surface area contributed by atoms with Gasteiger partial charge in [-0.3, -0.25) is 4.99 Å². The molecule has 0 bridgehead atoms. The lowest BCUT2D eigenvalue weighted by molar-refractivity contribution is 0.478. The van der Waals surface area contributed by atoms with Gasteiger partial charge in [0, 0.05) is 16.8 Å². The van der Waals surface area contributed by atoms with Gasteiger partial charge in [-0.05, 0) is 19.8 Å². The molecular weight excluding hydrogens is 274 g/mol. The van der Waals surface area contributed by atoms with Crippen molar-refractivity contribution in [2.45, 2.75) is 51.3 Å². The zero-order valence-corrected chi connectivity index (χ0v) is 13.8. The van der Waals surface area contributed by atoms with Crippen LogP contribution in [0.1, 0.15) is 45.5 Å². The number of aromatic nitrogens is 1. The summed E-state index contributed by atoms with van der Waals surface area (Å²) in [6, 6.07) is 0. The summed E-state index contributed by atoms with van der Waals surface area (Å²) in [4.78, 5) is 9.08. The van der Waals surface area contributed by atoms with Gasteiger partial charge in [0.05, 0.1) is 12.1 Å². The van der Waals surface area contributed by atoms with Crippen molar-refractivity contribution < 1.29 is 0 Å². The molecule has 0 fully saturated rings. The van der Waals surface area contributed by atoms with Crippen LogP contribution in [0.2, 0.25) is 0 Å². The minimum atomic E-state index is -0.136. The molecular formula is C14H23N3S2. The Balaban J connectivity index is 1.95. The second-order valence-corrected chi connectivity index (χ2v) is 7.59. The maximum atomic E-state index is 4.67. The van der Waals surface area contributed by atoms with Gasteiger partial charge in [-0.2, -0.15) is 0 Å². The van der Waals surface area contributed by atoms with Crippen molar-refractivity contribution in [3.63, 3.8) is 0 Å². The summed E-state index contributed by atoms with van der Waals surface area (Å²) in [5.41, 5.74) is -0.136. The highest BCUT2D eigenvalue weighted by atomic mass is 32.2. The van der Waals surface area contributed by atoms with Gasteiger partial charge in [0.2, 0.25) is 0 Å². The van der Waals surface area contributed by atoms with E-state index in [1.807, 2.05) is 23.3 Å². The molecule has 19 heavy (non-hydrogen) atoms. The first-order valence-corrected chi connectivity index (χ1v) is 8.72. The van der Waals surface area contributed by atoms with E-state index in [1.54, 1.807) is 11.3 Å². The van der Waals surface area contributed by atoms with Crippen LogP contribution in [0.4, 0.5) is 0 Å². The molecule has 0 amide bonds. The number of rotatable bonds is 5. The SMILES string of the molecule is CCC(CC)C1CN=C(NC(C)(C)c2nccs2)S1. The van der Waals surface area contributed by atoms with E-state index in [4.69, 9.17) is 0 Å². The van der Waals surface area contributed by atoms with Crippen LogP contribution in [0.15, 0.2) is 16.6 Å². The molecule has 1 N–H and O–H groups in total. The molecule has 5 heteroatoms. The van der Waals surface area contributed by atoms with E-state index >= 15 is 0 Å². The molecule has 1 atom stereocenters. The number of thiazole rings is 1. The van der Waals surface area contributed by atoms with Crippen LogP contribution >= 0.6 is 23.1 Å². The zero-order valence-electron chi connectivity index (χ0n) is 12.1. The van der Waals surface area contributed by atoms with E-state index in [1.165, 1.54) is 12.8 Å². The third-order valence-corrected chi connectivity index (χ3v) is 6.03. The molecule has 2 heterocycles. The number of aliphatic imine (C=N–C) groups is 1. The summed E-state index contributed by atoms with van der Waals surface area (Å²) >= 11 is 3.60. The van der Waals surface area contributed by atoms with Crippen LogP contribution in [0.5, 0.6) is 0 Å². The Kier molecular flexibility index (Phi) is 4.90. The minimum absolute atomic E-state index is 0.136. The summed E-state index contributed by atoms with van der Waals surface area (Å²) in [6.45, 7) is 9.84. The zero-order chi connectivity index (χ0) is 13.9. The van der Waals surface area contributed by atoms with Crippen LogP contribution in [0, 0.1) is 5.92 Å². The number of thioether (sulfide) groups is 1. The number of hydrogen-bond acceptors (Lipinski definition) is 5. The van der Waals surface area contributed by atoms with E-state index < -0.39 is 0 Å². The number of nitrogens with one attached hydrogen (secondary N) is 1. The van der Waals surface area contributed by atoms with Crippen molar-refractivity contribution in [3.8, 4) is 0 Å². The number of hydrogen-bond donors (Lipinski definition) is 1. The molecule has 3 nitrogen and oxygen atoms in total. The molecule has 1 aliphatic heterocycles. The standard InChI is InChI=1S/C14H23N3S2/c1-5-10(6-2)11-9-16-13(19-11)17-14(3,4)12-15-7-8-18-12/h7-8,10-11H,5-6,9H2,1-4H3,(H,16,17). The Bertz CT molecular complexity index is 422. The normalized spacial score (nSPS) is 19.8. The molecule has 1 aliphatic rings. The predicted molar refractivity (Wildman–Crippen MR) is 86.0 cm³/mol. The Morgan fingerprint density at radius 3 is 2.74 bits per heavy atom. The third-order valence-electron chi connectivity index (χ3n) is 3.64. The lowest BCUT2D eigenvalue weighted by Gasteiger charge is -2.25. The van der Waals surface area contributed by atoms with Crippen LogP contribution in [0.3, 0.4) is 0 Å². The largest absolute Gasteiger partial charge is 0.354 e. The maximum Gasteiger partial charge on any atom is 0.157 e. The molecule has 0 saturated carbocycles. The summed E-state index contributed by atoms with van der Waals surface area (Å²) in [5.74, 6) is 0.774. The molecule has 0 saturated heterocycles. The Hall–Kier alpha value is -0.550. The van der Waals surface area contributed by atoms with E-state index in [0.717, 1.165) is 22.6 Å². The van der Waals surface area contributed by atoms with Crippen molar-refractivity contribution in [1.82, 2.24) is 10.3 Å². The van der Waals surface area contributed by atoms with Gasteiger partial charge in [-0.1, -0.05) is 38.5 Å². The Morgan fingerprint density at radius 1 is 1.42 bits per heavy atom. The first-order valence-electron chi connectivity index (χ1n) is 6.96. The van der Waals surface area contributed by atoms with E-state index in [0.29, 0.717) is 5.25 Å². The second-order valence-electron chi connectivity index (χ2n) is 5.47. The van der Waals surface area contributed by atoms with E-state index in [-0.39, 0.29) is 5.54 Å². The molecule has 106 valence electrons. The molecule has 1 aromatic rings. The van der Waals surface area contributed by atoms with Gasteiger partial charge in [-0.15, -0.1) is 11.3 Å². The lowest BCUT2D eigenvalue weighted by Crippen LogP contribution is -2.39. The van der Waals surface area contributed by atoms with E-state index in [2.05, 4.69) is 43.0 Å². The molecule has 1 unspecified atom stereocenters. The summed E-state index contributed by atoms with van der Waals surface area (Å²) in [6.07, 6.45) is 4.35. The average molecular weight is 297 g/mol. The fraction of sp³-hybridized carbons (Fsp3) is 0.714. The van der Waals surface area contributed by atoms with Crippen molar-refractivity contribution in [2.75, 3.05) is 6.54 Å². The van der Waals surface area contributed by atoms with Gasteiger partial charge < -0.3 is 5.32 Å². The van der Waals surface area contributed by atoms with Crippen LogP contribution in [0.25, 0.3) is 0 Å². The topological polar surface area (TPSA) is 37.3 Å². The second kappa shape index (κ2) is 6.27. The van der Waals surface area contributed by atoms with Gasteiger partial charge in [0.25, 0.3) is 0 Å². The van der Waals surface area contributed by atoms with Crippen molar-refractivity contribution >= 4 is 28.3 Å². The van der Waals surface area contributed by atoms with Gasteiger partial charge in [-0.25, -0.2) is 4.98 Å². The fourth-order valence-electron chi connectivity index (χ4n) is 2.37. The van der Waals surface area contributed by atoms with Gasteiger partial charge in [0.15, 0.2) is 5.17 Å². The number of nitrogens with zero attached hydrogens (tertiary/aromatic N) is 2. The third kappa shape index (κ3) is 3.51. The molecule has 1 aromatic heterocycles. The minimum Gasteiger partial charge on any atom is -0.354 e. The fourth-order valence-corrected chi connectivity index (χ4v) is 4.57. The lowest BCUT2D eigenvalue weighted by atomic mass is 9.99. The quantitative estimate of drug-likeness (QED) is 0.896. The van der Waals surface area contributed by atoms with Gasteiger partial charge >= 0.3 is 0 Å². The van der Waals surface area contributed by atoms with Crippen LogP contribution in [-0.2, 0) is 5.54 Å². The van der Waals surface area contributed by atoms with Crippen molar-refractivity contribution in [3.05, 3.63) is 16.6 Å². The highest BCUT2D eigenvalue weighted by molar-refractivity contribution is 8.14. The van der Waals surface area contributed by atoms with Crippen LogP contribution < -0.4 is 5.32 Å². The Morgan fingerprint density at radius 2 is 2.16 bits per heavy atom. The maximum absolute atomic E-state index is 4.67. The molecule has 0 radical (unpaired) electrons. The summed E-state index contributed by atoms with van der Waals surface area (Å²) < 4.78 is 0. The monoisotopic (exact) mass is 297 g/mol. The summed E-state index contributed by atoms with van der Waals surface area (Å²) in [5, 5.41) is 8.41. The smallest absolute Gasteiger partial charge is 0.157 e. The van der Waals surface area contributed by atoms with Crippen LogP contribution in [-0.4, -0.2) is 21.9 Å². The highest BCUT2D eigenvalue weighted by Crippen LogP contribution is 2.32. The molecule has 0 spiro atoms.